The molecule has 6 nitrogen and oxygen atoms in total. The van der Waals surface area contributed by atoms with Crippen LogP contribution in [0.25, 0.3) is 6.08 Å². The van der Waals surface area contributed by atoms with Crippen LogP contribution in [0.1, 0.15) is 60.2 Å². The van der Waals surface area contributed by atoms with Gasteiger partial charge in [0.15, 0.2) is 0 Å². The van der Waals surface area contributed by atoms with Gasteiger partial charge in [-0.05, 0) is 72.0 Å². The molecule has 0 saturated heterocycles. The molecule has 3 amide bonds. The lowest BCUT2D eigenvalue weighted by atomic mass is 10.0. The van der Waals surface area contributed by atoms with E-state index >= 15 is 0 Å². The molecule has 4 aromatic carbocycles. The van der Waals surface area contributed by atoms with E-state index in [2.05, 4.69) is 29.8 Å². The van der Waals surface area contributed by atoms with Gasteiger partial charge in [-0.25, -0.2) is 0 Å². The Balaban J connectivity index is 1.52. The van der Waals surface area contributed by atoms with Crippen LogP contribution in [0.2, 0.25) is 0 Å². The predicted molar refractivity (Wildman–Crippen MR) is 177 cm³/mol. The minimum atomic E-state index is -4.61. The summed E-state index contributed by atoms with van der Waals surface area (Å²) in [6, 6.07) is 27.8. The van der Waals surface area contributed by atoms with Crippen molar-refractivity contribution in [2.24, 2.45) is 0 Å². The molecule has 0 bridgehead atoms. The van der Waals surface area contributed by atoms with Gasteiger partial charge in [-0.3, -0.25) is 14.4 Å². The summed E-state index contributed by atoms with van der Waals surface area (Å²) in [5, 5.41) is 7.24. The Labute approximate surface area is 270 Å². The zero-order valence-corrected chi connectivity index (χ0v) is 26.3. The molecular weight excluding hydrogens is 611 g/mol. The Bertz CT molecular complexity index is 1710. The maximum atomic E-state index is 13.5. The number of anilines is 2. The van der Waals surface area contributed by atoms with Crippen molar-refractivity contribution in [1.29, 1.82) is 0 Å². The van der Waals surface area contributed by atoms with Gasteiger partial charge in [0.2, 0.25) is 5.91 Å². The van der Waals surface area contributed by atoms with Crippen LogP contribution in [0, 0.1) is 0 Å². The third-order valence-electron chi connectivity index (χ3n) is 6.97. The molecule has 0 saturated carbocycles. The standard InChI is InChI=1S/C36H34F3N3O3S/c1-4-32(35(45)41-30-16-9-8-15-29(30)36(37,38)39)46-28-14-10-13-27(22-28)40-34(44)31(42-33(43)26-11-6-5-7-12-26)21-24-17-19-25(20-18-24)23(2)3/h5-23,32H,4H2,1-3H3,(H,40,44)(H,41,45)(H,42,43)/b31-21+. The fraction of sp³-hybridized carbons (Fsp3) is 0.194. The smallest absolute Gasteiger partial charge is 0.325 e. The molecule has 0 aliphatic heterocycles. The third kappa shape index (κ3) is 9.34. The van der Waals surface area contributed by atoms with Crippen molar-refractivity contribution in [2.75, 3.05) is 10.6 Å². The second kappa shape index (κ2) is 15.4. The van der Waals surface area contributed by atoms with E-state index in [0.29, 0.717) is 28.5 Å². The average Bonchev–Trinajstić information content (AvgIpc) is 3.03. The van der Waals surface area contributed by atoms with Gasteiger partial charge in [0, 0.05) is 16.1 Å². The third-order valence-corrected chi connectivity index (χ3v) is 8.32. The SMILES string of the molecule is CCC(Sc1cccc(NC(=O)/C(=C\c2ccc(C(C)C)cc2)NC(=O)c2ccccc2)c1)C(=O)Nc1ccccc1C(F)(F)F. The van der Waals surface area contributed by atoms with Gasteiger partial charge in [-0.2, -0.15) is 13.2 Å². The first-order valence-electron chi connectivity index (χ1n) is 14.7. The number of hydrogen-bond acceptors (Lipinski definition) is 4. The van der Waals surface area contributed by atoms with E-state index in [-0.39, 0.29) is 11.4 Å². The number of alkyl halides is 3. The Hall–Kier alpha value is -4.83. The fourth-order valence-electron chi connectivity index (χ4n) is 4.47. The van der Waals surface area contributed by atoms with E-state index in [1.165, 1.54) is 18.2 Å². The van der Waals surface area contributed by atoms with Gasteiger partial charge >= 0.3 is 6.18 Å². The maximum absolute atomic E-state index is 13.5. The summed E-state index contributed by atoms with van der Waals surface area (Å²) in [6.07, 6.45) is -2.68. The highest BCUT2D eigenvalue weighted by Crippen LogP contribution is 2.35. The highest BCUT2D eigenvalue weighted by atomic mass is 32.2. The van der Waals surface area contributed by atoms with Crippen molar-refractivity contribution in [3.8, 4) is 0 Å². The van der Waals surface area contributed by atoms with E-state index < -0.39 is 34.7 Å². The molecule has 0 radical (unpaired) electrons. The van der Waals surface area contributed by atoms with E-state index in [1.54, 1.807) is 67.6 Å². The zero-order valence-electron chi connectivity index (χ0n) is 25.5. The normalized spacial score (nSPS) is 12.4. The molecule has 46 heavy (non-hydrogen) atoms. The van der Waals surface area contributed by atoms with Gasteiger partial charge in [0.05, 0.1) is 16.5 Å². The lowest BCUT2D eigenvalue weighted by Crippen LogP contribution is -2.30. The molecule has 4 aromatic rings. The summed E-state index contributed by atoms with van der Waals surface area (Å²) in [5.74, 6) is -1.25. The minimum Gasteiger partial charge on any atom is -0.325 e. The fourth-order valence-corrected chi connectivity index (χ4v) is 5.48. The largest absolute Gasteiger partial charge is 0.418 e. The van der Waals surface area contributed by atoms with E-state index in [0.717, 1.165) is 29.0 Å². The van der Waals surface area contributed by atoms with Crippen LogP contribution in [0.3, 0.4) is 0 Å². The Morgan fingerprint density at radius 3 is 2.15 bits per heavy atom. The topological polar surface area (TPSA) is 87.3 Å². The van der Waals surface area contributed by atoms with Gasteiger partial charge in [-0.15, -0.1) is 11.8 Å². The average molecular weight is 646 g/mol. The van der Waals surface area contributed by atoms with Crippen LogP contribution in [-0.2, 0) is 15.8 Å². The summed E-state index contributed by atoms with van der Waals surface area (Å²) >= 11 is 1.16. The monoisotopic (exact) mass is 645 g/mol. The van der Waals surface area contributed by atoms with Crippen molar-refractivity contribution in [3.63, 3.8) is 0 Å². The zero-order chi connectivity index (χ0) is 33.3. The first-order chi connectivity index (χ1) is 21.9. The molecule has 4 rings (SSSR count). The number of thioether (sulfide) groups is 1. The second-order valence-electron chi connectivity index (χ2n) is 10.7. The molecule has 0 fully saturated rings. The Kier molecular flexibility index (Phi) is 11.4. The van der Waals surface area contributed by atoms with Crippen LogP contribution < -0.4 is 16.0 Å². The maximum Gasteiger partial charge on any atom is 0.418 e. The summed E-state index contributed by atoms with van der Waals surface area (Å²) in [6.45, 7) is 5.93. The van der Waals surface area contributed by atoms with Gasteiger partial charge in [0.1, 0.15) is 5.70 Å². The summed E-state index contributed by atoms with van der Waals surface area (Å²) in [5.41, 5.74) is 1.44. The van der Waals surface area contributed by atoms with Gasteiger partial charge in [-0.1, -0.05) is 81.4 Å². The van der Waals surface area contributed by atoms with Crippen LogP contribution >= 0.6 is 11.8 Å². The van der Waals surface area contributed by atoms with Gasteiger partial charge < -0.3 is 16.0 Å². The molecule has 0 heterocycles. The Morgan fingerprint density at radius 1 is 0.826 bits per heavy atom. The molecule has 1 unspecified atom stereocenters. The van der Waals surface area contributed by atoms with Crippen LogP contribution in [0.5, 0.6) is 0 Å². The molecule has 10 heteroatoms. The molecule has 1 atom stereocenters. The number of benzene rings is 4. The summed E-state index contributed by atoms with van der Waals surface area (Å²) in [4.78, 5) is 40.1. The number of carbonyl (C=O) groups excluding carboxylic acids is 3. The second-order valence-corrected chi connectivity index (χ2v) is 12.0. The number of rotatable bonds is 11. The van der Waals surface area contributed by atoms with E-state index in [1.807, 2.05) is 24.3 Å². The number of amides is 3. The lowest BCUT2D eigenvalue weighted by molar-refractivity contribution is -0.137. The van der Waals surface area contributed by atoms with E-state index in [4.69, 9.17) is 0 Å². The molecule has 238 valence electrons. The quantitative estimate of drug-likeness (QED) is 0.112. The minimum absolute atomic E-state index is 0.0262. The first-order valence-corrected chi connectivity index (χ1v) is 15.6. The first kappa shape index (κ1) is 34.1. The highest BCUT2D eigenvalue weighted by molar-refractivity contribution is 8.00. The molecular formula is C36H34F3N3O3S. The lowest BCUT2D eigenvalue weighted by Gasteiger charge is -2.18. The summed E-state index contributed by atoms with van der Waals surface area (Å²) in [7, 11) is 0. The highest BCUT2D eigenvalue weighted by Gasteiger charge is 2.34. The number of nitrogens with one attached hydrogen (secondary N) is 3. The number of hydrogen-bond donors (Lipinski definition) is 3. The predicted octanol–water partition coefficient (Wildman–Crippen LogP) is 8.75. The molecule has 0 spiro atoms. The molecule has 0 aliphatic rings. The van der Waals surface area contributed by atoms with Crippen LogP contribution in [-0.4, -0.2) is 23.0 Å². The molecule has 0 aromatic heterocycles. The van der Waals surface area contributed by atoms with Crippen molar-refractivity contribution in [1.82, 2.24) is 5.32 Å². The Morgan fingerprint density at radius 2 is 1.50 bits per heavy atom. The van der Waals surface area contributed by atoms with Gasteiger partial charge in [0.25, 0.3) is 11.8 Å². The number of para-hydroxylation sites is 1. The van der Waals surface area contributed by atoms with Crippen molar-refractivity contribution < 1.29 is 27.6 Å². The number of carbonyl (C=O) groups is 3. The molecule has 3 N–H and O–H groups in total. The van der Waals surface area contributed by atoms with Crippen LogP contribution in [0.4, 0.5) is 24.5 Å². The van der Waals surface area contributed by atoms with Crippen molar-refractivity contribution >= 4 is 46.9 Å². The van der Waals surface area contributed by atoms with Crippen LogP contribution in [0.15, 0.2) is 114 Å². The summed E-state index contributed by atoms with van der Waals surface area (Å²) < 4.78 is 40.3. The molecule has 0 aliphatic carbocycles. The number of halogens is 3. The van der Waals surface area contributed by atoms with E-state index in [9.17, 15) is 27.6 Å². The van der Waals surface area contributed by atoms with Crippen molar-refractivity contribution in [2.45, 2.75) is 49.4 Å². The van der Waals surface area contributed by atoms with Crippen molar-refractivity contribution in [3.05, 3.63) is 131 Å².